The van der Waals surface area contributed by atoms with Crippen molar-refractivity contribution in [2.24, 2.45) is 0 Å². The van der Waals surface area contributed by atoms with Crippen LogP contribution < -0.4 is 18.9 Å². The van der Waals surface area contributed by atoms with Crippen molar-refractivity contribution in [2.75, 3.05) is 33.2 Å². The molecule has 0 saturated carbocycles. The highest BCUT2D eigenvalue weighted by Gasteiger charge is 2.35. The Bertz CT molecular complexity index is 1770. The highest BCUT2D eigenvalue weighted by molar-refractivity contribution is 7.93. The minimum atomic E-state index is -4.26. The third-order valence-electron chi connectivity index (χ3n) is 6.46. The topological polar surface area (TPSA) is 174 Å². The molecule has 4 rings (SSSR count). The fourth-order valence-electron chi connectivity index (χ4n) is 4.36. The predicted octanol–water partition coefficient (Wildman–Crippen LogP) is 3.62. The van der Waals surface area contributed by atoms with Crippen molar-refractivity contribution in [3.63, 3.8) is 0 Å². The van der Waals surface area contributed by atoms with Crippen molar-refractivity contribution in [3.8, 4) is 46.7 Å². The van der Waals surface area contributed by atoms with E-state index in [2.05, 4.69) is 19.9 Å². The van der Waals surface area contributed by atoms with Gasteiger partial charge in [-0.1, -0.05) is 18.2 Å². The molecule has 42 heavy (non-hydrogen) atoms. The molecule has 0 aliphatic heterocycles. The molecule has 14 heteroatoms. The normalized spacial score (nSPS) is 12.5. The van der Waals surface area contributed by atoms with Crippen molar-refractivity contribution in [1.29, 1.82) is 10.5 Å². The highest BCUT2D eigenvalue weighted by Crippen LogP contribution is 2.38. The van der Waals surface area contributed by atoms with E-state index in [1.165, 1.54) is 58.1 Å². The van der Waals surface area contributed by atoms with Crippen molar-refractivity contribution < 1.29 is 27.4 Å². The summed E-state index contributed by atoms with van der Waals surface area (Å²) in [5.41, 5.74) is 1.34. The second kappa shape index (κ2) is 12.6. The third kappa shape index (κ3) is 5.67. The summed E-state index contributed by atoms with van der Waals surface area (Å²) in [6.45, 7) is 1.44. The smallest absolute Gasteiger partial charge is 0.243 e. The number of hydrogen-bond acceptors (Lipinski definition) is 11. The van der Waals surface area contributed by atoms with E-state index in [1.807, 2.05) is 12.1 Å². The number of rotatable bonds is 11. The molecule has 0 unspecified atom stereocenters. The van der Waals surface area contributed by atoms with Crippen LogP contribution in [0, 0.1) is 22.7 Å². The number of para-hydroxylation sites is 1. The van der Waals surface area contributed by atoms with Gasteiger partial charge in [-0.2, -0.15) is 10.5 Å². The lowest BCUT2D eigenvalue weighted by atomic mass is 9.99. The molecule has 2 atom stereocenters. The number of ether oxygens (including phenoxy) is 4. The average Bonchev–Trinajstić information content (AvgIpc) is 3.42. The summed E-state index contributed by atoms with van der Waals surface area (Å²) in [6.07, 6.45) is -1.07. The Balaban J connectivity index is 1.86. The number of nitrogens with zero attached hydrogens (tertiary/aromatic N) is 6. The van der Waals surface area contributed by atoms with Gasteiger partial charge in [-0.15, -0.1) is 10.2 Å². The fourth-order valence-corrected chi connectivity index (χ4v) is 5.51. The van der Waals surface area contributed by atoms with Gasteiger partial charge in [0.05, 0.1) is 44.6 Å². The molecule has 2 aromatic heterocycles. The summed E-state index contributed by atoms with van der Waals surface area (Å²) in [4.78, 5) is 4.44. The van der Waals surface area contributed by atoms with Gasteiger partial charge in [-0.3, -0.25) is 9.29 Å². The Hall–Kier alpha value is -5.18. The van der Waals surface area contributed by atoms with Gasteiger partial charge in [0.2, 0.25) is 21.9 Å². The van der Waals surface area contributed by atoms with Crippen LogP contribution >= 0.6 is 0 Å². The van der Waals surface area contributed by atoms with Gasteiger partial charge in [0, 0.05) is 13.2 Å². The van der Waals surface area contributed by atoms with Crippen LogP contribution in [0.1, 0.15) is 29.7 Å². The fraction of sp³-hybridized carbons (Fsp3) is 0.250. The molecule has 0 radical (unpaired) electrons. The lowest BCUT2D eigenvalue weighted by Gasteiger charge is -2.24. The molecule has 2 aromatic carbocycles. The maximum Gasteiger partial charge on any atom is 0.243 e. The Morgan fingerprint density at radius 3 is 2.19 bits per heavy atom. The molecule has 1 N–H and O–H groups in total. The number of anilines is 1. The lowest BCUT2D eigenvalue weighted by molar-refractivity contribution is 0.102. The van der Waals surface area contributed by atoms with Gasteiger partial charge in [-0.25, -0.2) is 13.4 Å². The van der Waals surface area contributed by atoms with Crippen molar-refractivity contribution in [3.05, 3.63) is 71.3 Å². The van der Waals surface area contributed by atoms with Crippen LogP contribution in [0.2, 0.25) is 0 Å². The molecular formula is C28H27N7O6S. The second-order valence-electron chi connectivity index (χ2n) is 8.79. The van der Waals surface area contributed by atoms with Crippen LogP contribution in [-0.2, 0) is 14.8 Å². The number of methoxy groups -OCH3 is 4. The Labute approximate surface area is 242 Å². The zero-order chi connectivity index (χ0) is 30.4. The van der Waals surface area contributed by atoms with E-state index in [0.717, 1.165) is 0 Å². The van der Waals surface area contributed by atoms with Crippen molar-refractivity contribution >= 4 is 16.0 Å². The Kier molecular flexibility index (Phi) is 8.90. The van der Waals surface area contributed by atoms with Crippen LogP contribution in [0.4, 0.5) is 5.95 Å². The SMILES string of the molecule is COc1cccc(-c2nnc(NS(=O)(=O)[C@H](C)[C@H](OC)c3ccc(C#N)cc3C#N)n2-c2c(OC)cccc2OC)n1. The summed E-state index contributed by atoms with van der Waals surface area (Å²) in [5.74, 6) is 0.989. The van der Waals surface area contributed by atoms with Gasteiger partial charge in [0.15, 0.2) is 5.82 Å². The molecule has 216 valence electrons. The van der Waals surface area contributed by atoms with E-state index in [-0.39, 0.29) is 22.9 Å². The zero-order valence-corrected chi connectivity index (χ0v) is 24.2. The highest BCUT2D eigenvalue weighted by atomic mass is 32.2. The molecule has 4 aromatic rings. The van der Waals surface area contributed by atoms with E-state index in [1.54, 1.807) is 36.4 Å². The number of pyridine rings is 1. The van der Waals surface area contributed by atoms with Gasteiger partial charge in [-0.05, 0) is 42.8 Å². The van der Waals surface area contributed by atoms with E-state index in [4.69, 9.17) is 18.9 Å². The minimum absolute atomic E-state index is 0.122. The number of hydrogen-bond donors (Lipinski definition) is 1. The summed E-state index contributed by atoms with van der Waals surface area (Å²) in [6, 6.07) is 18.5. The maximum atomic E-state index is 13.8. The summed E-state index contributed by atoms with van der Waals surface area (Å²) < 4.78 is 53.6. The summed E-state index contributed by atoms with van der Waals surface area (Å²) in [5, 5.41) is 26.1. The van der Waals surface area contributed by atoms with Gasteiger partial charge < -0.3 is 18.9 Å². The first kappa shape index (κ1) is 29.8. The van der Waals surface area contributed by atoms with Crippen LogP contribution in [0.25, 0.3) is 17.2 Å². The molecule has 2 heterocycles. The first-order chi connectivity index (χ1) is 20.2. The monoisotopic (exact) mass is 589 g/mol. The lowest BCUT2D eigenvalue weighted by Crippen LogP contribution is -2.33. The number of benzene rings is 2. The second-order valence-corrected chi connectivity index (χ2v) is 10.8. The molecule has 0 aliphatic carbocycles. The number of aromatic nitrogens is 4. The molecule has 0 saturated heterocycles. The Morgan fingerprint density at radius 2 is 1.60 bits per heavy atom. The number of nitriles is 2. The first-order valence-corrected chi connectivity index (χ1v) is 13.9. The number of nitrogens with one attached hydrogen (secondary N) is 1. The van der Waals surface area contributed by atoms with E-state index in [0.29, 0.717) is 34.3 Å². The van der Waals surface area contributed by atoms with E-state index in [9.17, 15) is 18.9 Å². The third-order valence-corrected chi connectivity index (χ3v) is 8.16. The van der Waals surface area contributed by atoms with Gasteiger partial charge >= 0.3 is 0 Å². The van der Waals surface area contributed by atoms with Crippen LogP contribution in [0.3, 0.4) is 0 Å². The molecule has 0 bridgehead atoms. The van der Waals surface area contributed by atoms with Crippen LogP contribution in [-0.4, -0.2) is 61.9 Å². The summed E-state index contributed by atoms with van der Waals surface area (Å²) >= 11 is 0. The average molecular weight is 590 g/mol. The van der Waals surface area contributed by atoms with Gasteiger partial charge in [0.25, 0.3) is 0 Å². The molecule has 0 spiro atoms. The van der Waals surface area contributed by atoms with Crippen LogP contribution in [0.5, 0.6) is 17.4 Å². The summed E-state index contributed by atoms with van der Waals surface area (Å²) in [7, 11) is 1.47. The molecule has 0 amide bonds. The van der Waals surface area contributed by atoms with E-state index >= 15 is 0 Å². The van der Waals surface area contributed by atoms with E-state index < -0.39 is 21.4 Å². The maximum absolute atomic E-state index is 13.8. The molecule has 0 aliphatic rings. The first-order valence-electron chi connectivity index (χ1n) is 12.4. The minimum Gasteiger partial charge on any atom is -0.494 e. The number of sulfonamides is 1. The quantitative estimate of drug-likeness (QED) is 0.270. The predicted molar refractivity (Wildman–Crippen MR) is 152 cm³/mol. The van der Waals surface area contributed by atoms with Gasteiger partial charge in [0.1, 0.15) is 34.2 Å². The Morgan fingerprint density at radius 1 is 0.905 bits per heavy atom. The van der Waals surface area contributed by atoms with Crippen LogP contribution in [0.15, 0.2) is 54.6 Å². The molecule has 13 nitrogen and oxygen atoms in total. The standard InChI is InChI=1S/C28H27N7O6S/c1-17(26(41-5)20-13-12-18(15-29)14-19(20)16-30)42(36,37)34-28-33-32-27(21-8-6-11-24(31-21)40-4)35(28)25-22(38-2)9-7-10-23(25)39-3/h6-14,17,26H,1-5H3,(H,33,34)/t17-,26+/m1/s1. The molecular weight excluding hydrogens is 562 g/mol. The van der Waals surface area contributed by atoms with Crippen molar-refractivity contribution in [2.45, 2.75) is 18.3 Å². The molecule has 0 fully saturated rings. The zero-order valence-electron chi connectivity index (χ0n) is 23.4. The van der Waals surface area contributed by atoms with Crippen molar-refractivity contribution in [1.82, 2.24) is 19.7 Å². The largest absolute Gasteiger partial charge is 0.494 e.